The van der Waals surface area contributed by atoms with Crippen LogP contribution in [0.25, 0.3) is 0 Å². The van der Waals surface area contributed by atoms with Gasteiger partial charge >= 0.3 is 0 Å². The average molecular weight is 366 g/mol. The molecule has 5 nitrogen and oxygen atoms in total. The lowest BCUT2D eigenvalue weighted by molar-refractivity contribution is 0.254. The van der Waals surface area contributed by atoms with Gasteiger partial charge < -0.3 is 10.2 Å². The van der Waals surface area contributed by atoms with E-state index in [1.54, 1.807) is 0 Å². The van der Waals surface area contributed by atoms with Crippen molar-refractivity contribution >= 4 is 11.8 Å². The minimum absolute atomic E-state index is 0.552. The third-order valence-corrected chi connectivity index (χ3v) is 5.79. The lowest BCUT2D eigenvalue weighted by atomic mass is 10.2. The van der Waals surface area contributed by atoms with Gasteiger partial charge in [0.2, 0.25) is 5.95 Å². The number of nitrogens with zero attached hydrogens (tertiary/aromatic N) is 4. The van der Waals surface area contributed by atoms with Crippen LogP contribution >= 0.6 is 0 Å². The van der Waals surface area contributed by atoms with Gasteiger partial charge in [0.05, 0.1) is 0 Å². The Bertz CT molecular complexity index is 697. The van der Waals surface area contributed by atoms with E-state index in [9.17, 15) is 0 Å². The Balaban J connectivity index is 1.34. The summed E-state index contributed by atoms with van der Waals surface area (Å²) in [6, 6.07) is 13.4. The van der Waals surface area contributed by atoms with Crippen LogP contribution in [0.1, 0.15) is 44.1 Å². The van der Waals surface area contributed by atoms with Gasteiger partial charge in [-0.15, -0.1) is 0 Å². The predicted molar refractivity (Wildman–Crippen MR) is 111 cm³/mol. The number of benzene rings is 1. The normalized spacial score (nSPS) is 21.2. The van der Waals surface area contributed by atoms with Gasteiger partial charge in [0.1, 0.15) is 5.82 Å². The molecule has 2 aliphatic rings. The maximum Gasteiger partial charge on any atom is 0.224 e. The van der Waals surface area contributed by atoms with Crippen molar-refractivity contribution < 1.29 is 0 Å². The Morgan fingerprint density at radius 3 is 2.56 bits per heavy atom. The zero-order valence-corrected chi connectivity index (χ0v) is 16.2. The maximum atomic E-state index is 4.79. The summed E-state index contributed by atoms with van der Waals surface area (Å²) in [7, 11) is 0. The molecular weight excluding hydrogens is 334 g/mol. The van der Waals surface area contributed by atoms with Crippen molar-refractivity contribution in [2.24, 2.45) is 0 Å². The van der Waals surface area contributed by atoms with Crippen LogP contribution in [-0.4, -0.2) is 47.1 Å². The molecule has 0 bridgehead atoms. The molecule has 1 N–H and O–H groups in total. The second-order valence-corrected chi connectivity index (χ2v) is 7.77. The number of hydrogen-bond acceptors (Lipinski definition) is 5. The smallest absolute Gasteiger partial charge is 0.224 e. The highest BCUT2D eigenvalue weighted by atomic mass is 15.2. The Hall–Kier alpha value is -2.14. The molecule has 2 saturated heterocycles. The fraction of sp³-hybridized carbons (Fsp3) is 0.545. The van der Waals surface area contributed by atoms with E-state index in [-0.39, 0.29) is 0 Å². The summed E-state index contributed by atoms with van der Waals surface area (Å²) in [6.45, 7) is 5.35. The summed E-state index contributed by atoms with van der Waals surface area (Å²) in [4.78, 5) is 14.3. The quantitative estimate of drug-likeness (QED) is 0.840. The van der Waals surface area contributed by atoms with Gasteiger partial charge in [-0.3, -0.25) is 4.90 Å². The summed E-state index contributed by atoms with van der Waals surface area (Å²) in [5.41, 5.74) is 1.39. The SMILES string of the molecule is c1ccc(CN2CCCC2CNc2nccc(N3CCCCCC3)n2)cc1. The summed E-state index contributed by atoms with van der Waals surface area (Å²) in [5, 5.41) is 3.51. The third-order valence-electron chi connectivity index (χ3n) is 5.79. The summed E-state index contributed by atoms with van der Waals surface area (Å²) >= 11 is 0. The Morgan fingerprint density at radius 1 is 0.926 bits per heavy atom. The number of nitrogens with one attached hydrogen (secondary N) is 1. The molecule has 0 radical (unpaired) electrons. The molecule has 0 amide bonds. The van der Waals surface area contributed by atoms with Gasteiger partial charge in [0, 0.05) is 38.4 Å². The van der Waals surface area contributed by atoms with Gasteiger partial charge in [-0.25, -0.2) is 4.98 Å². The second-order valence-electron chi connectivity index (χ2n) is 7.77. The minimum Gasteiger partial charge on any atom is -0.356 e. The number of anilines is 2. The third kappa shape index (κ3) is 4.98. The van der Waals surface area contributed by atoms with Crippen molar-refractivity contribution in [1.29, 1.82) is 0 Å². The number of rotatable bonds is 6. The van der Waals surface area contributed by atoms with E-state index < -0.39 is 0 Å². The van der Waals surface area contributed by atoms with Crippen molar-refractivity contribution in [3.8, 4) is 0 Å². The molecule has 1 aromatic heterocycles. The molecule has 0 saturated carbocycles. The van der Waals surface area contributed by atoms with E-state index in [0.29, 0.717) is 6.04 Å². The fourth-order valence-electron chi connectivity index (χ4n) is 4.27. The molecule has 2 aromatic rings. The van der Waals surface area contributed by atoms with E-state index in [1.165, 1.54) is 50.6 Å². The minimum atomic E-state index is 0.552. The molecule has 5 heteroatoms. The van der Waals surface area contributed by atoms with E-state index in [0.717, 1.165) is 37.9 Å². The molecule has 3 heterocycles. The van der Waals surface area contributed by atoms with Crippen molar-refractivity contribution in [2.45, 2.75) is 51.1 Å². The average Bonchev–Trinajstić information content (AvgIpc) is 2.97. The molecule has 0 aliphatic carbocycles. The van der Waals surface area contributed by atoms with E-state index >= 15 is 0 Å². The van der Waals surface area contributed by atoms with Crippen LogP contribution in [-0.2, 0) is 6.54 Å². The van der Waals surface area contributed by atoms with Gasteiger partial charge in [-0.2, -0.15) is 4.98 Å². The zero-order valence-electron chi connectivity index (χ0n) is 16.2. The van der Waals surface area contributed by atoms with Crippen molar-refractivity contribution in [3.05, 3.63) is 48.2 Å². The Labute approximate surface area is 162 Å². The summed E-state index contributed by atoms with van der Waals surface area (Å²) < 4.78 is 0. The van der Waals surface area contributed by atoms with Crippen molar-refractivity contribution in [1.82, 2.24) is 14.9 Å². The molecule has 1 aromatic carbocycles. The van der Waals surface area contributed by atoms with Crippen LogP contribution in [0.5, 0.6) is 0 Å². The largest absolute Gasteiger partial charge is 0.356 e. The number of hydrogen-bond donors (Lipinski definition) is 1. The lowest BCUT2D eigenvalue weighted by Crippen LogP contribution is -2.34. The molecule has 2 aliphatic heterocycles. The summed E-state index contributed by atoms with van der Waals surface area (Å²) in [6.07, 6.45) is 9.62. The molecule has 1 atom stereocenters. The monoisotopic (exact) mass is 365 g/mol. The van der Waals surface area contributed by atoms with Crippen LogP contribution in [0.4, 0.5) is 11.8 Å². The first kappa shape index (κ1) is 18.2. The molecule has 2 fully saturated rings. The zero-order chi connectivity index (χ0) is 18.3. The first-order valence-corrected chi connectivity index (χ1v) is 10.5. The molecule has 1 unspecified atom stereocenters. The highest BCUT2D eigenvalue weighted by Crippen LogP contribution is 2.21. The highest BCUT2D eigenvalue weighted by molar-refractivity contribution is 5.42. The maximum absolute atomic E-state index is 4.79. The van der Waals surface area contributed by atoms with Gasteiger partial charge in [-0.1, -0.05) is 43.2 Å². The Morgan fingerprint density at radius 2 is 1.74 bits per heavy atom. The number of aromatic nitrogens is 2. The fourth-order valence-corrected chi connectivity index (χ4v) is 4.27. The first-order chi connectivity index (χ1) is 13.4. The van der Waals surface area contributed by atoms with Crippen LogP contribution in [0.15, 0.2) is 42.6 Å². The van der Waals surface area contributed by atoms with E-state index in [2.05, 4.69) is 50.4 Å². The van der Waals surface area contributed by atoms with Crippen LogP contribution < -0.4 is 10.2 Å². The molecule has 144 valence electrons. The topological polar surface area (TPSA) is 44.3 Å². The summed E-state index contributed by atoms with van der Waals surface area (Å²) in [5.74, 6) is 1.84. The van der Waals surface area contributed by atoms with Gasteiger partial charge in [-0.05, 0) is 43.9 Å². The standard InChI is InChI=1S/C22H31N5/c1-2-7-15-26(14-6-1)21-12-13-23-22(25-21)24-17-20-11-8-16-27(20)18-19-9-4-3-5-10-19/h3-5,9-10,12-13,20H,1-2,6-8,11,14-18H2,(H,23,24,25). The van der Waals surface area contributed by atoms with Crippen molar-refractivity contribution in [2.75, 3.05) is 36.4 Å². The molecule has 0 spiro atoms. The highest BCUT2D eigenvalue weighted by Gasteiger charge is 2.24. The molecule has 4 rings (SSSR count). The first-order valence-electron chi connectivity index (χ1n) is 10.5. The predicted octanol–water partition coefficient (Wildman–Crippen LogP) is 3.93. The number of likely N-dealkylation sites (tertiary alicyclic amines) is 1. The van der Waals surface area contributed by atoms with Crippen LogP contribution in [0.3, 0.4) is 0 Å². The lowest BCUT2D eigenvalue weighted by Gasteiger charge is -2.25. The van der Waals surface area contributed by atoms with Gasteiger partial charge in [0.15, 0.2) is 0 Å². The molecular formula is C22H31N5. The Kier molecular flexibility index (Phi) is 6.20. The van der Waals surface area contributed by atoms with Crippen molar-refractivity contribution in [3.63, 3.8) is 0 Å². The van der Waals surface area contributed by atoms with E-state index in [1.807, 2.05) is 12.3 Å². The second kappa shape index (κ2) is 9.18. The van der Waals surface area contributed by atoms with Gasteiger partial charge in [0.25, 0.3) is 0 Å². The van der Waals surface area contributed by atoms with E-state index in [4.69, 9.17) is 4.98 Å². The van der Waals surface area contributed by atoms with Crippen LogP contribution in [0, 0.1) is 0 Å². The molecule has 27 heavy (non-hydrogen) atoms. The van der Waals surface area contributed by atoms with Crippen LogP contribution in [0.2, 0.25) is 0 Å².